The summed E-state index contributed by atoms with van der Waals surface area (Å²) in [5.74, 6) is -1.95. The predicted octanol–water partition coefficient (Wildman–Crippen LogP) is 4.28. The van der Waals surface area contributed by atoms with E-state index in [1.54, 1.807) is 6.08 Å². The summed E-state index contributed by atoms with van der Waals surface area (Å²) in [6, 6.07) is 0. The van der Waals surface area contributed by atoms with Crippen LogP contribution in [-0.4, -0.2) is 36.2 Å². The van der Waals surface area contributed by atoms with E-state index in [9.17, 15) is 14.4 Å². The number of ether oxygens (including phenoxy) is 3. The number of carbonyl (C=O) groups excluding carboxylic acids is 3. The summed E-state index contributed by atoms with van der Waals surface area (Å²) >= 11 is 0. The second-order valence-corrected chi connectivity index (χ2v) is 8.76. The predicted molar refractivity (Wildman–Crippen MR) is 116 cm³/mol. The molecule has 0 aromatic rings. The minimum atomic E-state index is -0.716. The largest absolute Gasteiger partial charge is 0.458 e. The van der Waals surface area contributed by atoms with E-state index >= 15 is 0 Å². The first kappa shape index (κ1) is 22.8. The third-order valence-corrected chi connectivity index (χ3v) is 5.69. The van der Waals surface area contributed by atoms with Gasteiger partial charge in [0.15, 0.2) is 0 Å². The maximum absolute atomic E-state index is 12.7. The first-order valence-corrected chi connectivity index (χ1v) is 10.6. The highest BCUT2D eigenvalue weighted by molar-refractivity contribution is 5.93. The van der Waals surface area contributed by atoms with Gasteiger partial charge in [0.2, 0.25) is 0 Å². The summed E-state index contributed by atoms with van der Waals surface area (Å²) < 4.78 is 16.7. The van der Waals surface area contributed by atoms with E-state index in [0.717, 1.165) is 24.0 Å². The van der Waals surface area contributed by atoms with Crippen LogP contribution in [0.4, 0.5) is 0 Å². The standard InChI is InChI=1S/C25H30O6/c1-14(2)7-6-8-15(3)11-22(26)30-20-10-16(4)9-19-12-18(25(28)29-19)13-21-23(20)17(5)24(27)31-21/h7,10-12,19-21,23H,5-6,8-9,13H2,1-4H3/b15-11?,16-10+/t19-,20-,21+,23+/m1/s1. The minimum Gasteiger partial charge on any atom is -0.458 e. The van der Waals surface area contributed by atoms with Crippen LogP contribution in [0, 0.1) is 5.92 Å². The van der Waals surface area contributed by atoms with Gasteiger partial charge < -0.3 is 14.2 Å². The second-order valence-electron chi connectivity index (χ2n) is 8.76. The van der Waals surface area contributed by atoms with E-state index in [1.807, 2.05) is 33.8 Å². The van der Waals surface area contributed by atoms with Crippen molar-refractivity contribution in [2.75, 3.05) is 0 Å². The molecule has 6 heteroatoms. The Kier molecular flexibility index (Phi) is 6.98. The fourth-order valence-corrected chi connectivity index (χ4v) is 4.14. The Bertz CT molecular complexity index is 912. The molecule has 3 rings (SSSR count). The molecule has 0 spiro atoms. The van der Waals surface area contributed by atoms with Gasteiger partial charge in [-0.1, -0.05) is 29.4 Å². The Morgan fingerprint density at radius 2 is 1.90 bits per heavy atom. The molecule has 6 nitrogen and oxygen atoms in total. The quantitative estimate of drug-likeness (QED) is 0.283. The highest BCUT2D eigenvalue weighted by Gasteiger charge is 2.46. The lowest BCUT2D eigenvalue weighted by Crippen LogP contribution is -2.33. The SMILES string of the molecule is C=C1C(=O)O[C@H]2CC3=C[C@@H](C/C(C)=C/[C@@H](OC(=O)C=C(C)CCC=C(C)C)[C@H]12)OC3=O. The zero-order valence-electron chi connectivity index (χ0n) is 18.6. The van der Waals surface area contributed by atoms with Crippen molar-refractivity contribution in [1.82, 2.24) is 0 Å². The molecule has 2 aliphatic heterocycles. The summed E-state index contributed by atoms with van der Waals surface area (Å²) in [7, 11) is 0. The molecule has 0 saturated carbocycles. The molecule has 2 heterocycles. The lowest BCUT2D eigenvalue weighted by Gasteiger charge is -2.25. The third-order valence-electron chi connectivity index (χ3n) is 5.69. The fourth-order valence-electron chi connectivity index (χ4n) is 4.14. The van der Waals surface area contributed by atoms with E-state index in [2.05, 4.69) is 12.7 Å². The topological polar surface area (TPSA) is 78.9 Å². The molecule has 4 atom stereocenters. The molecule has 0 aromatic heterocycles. The van der Waals surface area contributed by atoms with Crippen LogP contribution in [0.3, 0.4) is 0 Å². The summed E-state index contributed by atoms with van der Waals surface area (Å²) in [4.78, 5) is 37.1. The van der Waals surface area contributed by atoms with E-state index in [1.165, 1.54) is 11.6 Å². The molecule has 1 fully saturated rings. The van der Waals surface area contributed by atoms with Gasteiger partial charge in [-0.05, 0) is 52.7 Å². The van der Waals surface area contributed by atoms with Gasteiger partial charge in [-0.25, -0.2) is 14.4 Å². The Hall–Kier alpha value is -2.89. The maximum Gasteiger partial charge on any atom is 0.334 e. The van der Waals surface area contributed by atoms with Crippen molar-refractivity contribution >= 4 is 17.9 Å². The molecule has 2 bridgehead atoms. The van der Waals surface area contributed by atoms with Gasteiger partial charge >= 0.3 is 17.9 Å². The van der Waals surface area contributed by atoms with Crippen molar-refractivity contribution < 1.29 is 28.6 Å². The zero-order chi connectivity index (χ0) is 22.7. The van der Waals surface area contributed by atoms with Crippen LogP contribution >= 0.6 is 0 Å². The van der Waals surface area contributed by atoms with Gasteiger partial charge in [0, 0.05) is 30.1 Å². The molecule has 3 aliphatic rings. The molecule has 0 aromatic carbocycles. The maximum atomic E-state index is 12.7. The first-order chi connectivity index (χ1) is 14.6. The van der Waals surface area contributed by atoms with Crippen molar-refractivity contribution in [2.45, 2.75) is 71.7 Å². The smallest absolute Gasteiger partial charge is 0.334 e. The van der Waals surface area contributed by atoms with Gasteiger partial charge in [0.1, 0.15) is 18.3 Å². The van der Waals surface area contributed by atoms with Crippen LogP contribution in [0.2, 0.25) is 0 Å². The Morgan fingerprint density at radius 3 is 2.61 bits per heavy atom. The number of hydrogen-bond donors (Lipinski definition) is 0. The highest BCUT2D eigenvalue weighted by Crippen LogP contribution is 2.38. The lowest BCUT2D eigenvalue weighted by molar-refractivity contribution is -0.145. The third kappa shape index (κ3) is 5.63. The average Bonchev–Trinajstić information content (AvgIpc) is 3.12. The highest BCUT2D eigenvalue weighted by atomic mass is 16.6. The Labute approximate surface area is 183 Å². The van der Waals surface area contributed by atoms with Gasteiger partial charge in [-0.3, -0.25) is 0 Å². The van der Waals surface area contributed by atoms with Crippen LogP contribution in [0.1, 0.15) is 53.4 Å². The number of esters is 3. The van der Waals surface area contributed by atoms with Gasteiger partial charge in [-0.15, -0.1) is 0 Å². The summed E-state index contributed by atoms with van der Waals surface area (Å²) in [5, 5.41) is 0. The van der Waals surface area contributed by atoms with Crippen LogP contribution in [-0.2, 0) is 28.6 Å². The normalized spacial score (nSPS) is 29.8. The van der Waals surface area contributed by atoms with Gasteiger partial charge in [-0.2, -0.15) is 0 Å². The number of rotatable bonds is 5. The van der Waals surface area contributed by atoms with Gasteiger partial charge in [0.25, 0.3) is 0 Å². The van der Waals surface area contributed by atoms with E-state index in [-0.39, 0.29) is 18.1 Å². The zero-order valence-corrected chi connectivity index (χ0v) is 18.6. The Balaban J connectivity index is 1.82. The molecule has 0 amide bonds. The number of carbonyl (C=O) groups is 3. The molecule has 0 unspecified atom stereocenters. The van der Waals surface area contributed by atoms with E-state index in [0.29, 0.717) is 12.0 Å². The van der Waals surface area contributed by atoms with Crippen LogP contribution in [0.25, 0.3) is 0 Å². The summed E-state index contributed by atoms with van der Waals surface area (Å²) in [6.45, 7) is 11.7. The molecular weight excluding hydrogens is 396 g/mol. The molecular formula is C25H30O6. The molecule has 31 heavy (non-hydrogen) atoms. The summed E-state index contributed by atoms with van der Waals surface area (Å²) in [5.41, 5.74) is 3.78. The number of fused-ring (bicyclic) bond motifs is 2. The number of hydrogen-bond acceptors (Lipinski definition) is 6. The summed E-state index contributed by atoms with van der Waals surface area (Å²) in [6.07, 6.45) is 7.84. The van der Waals surface area contributed by atoms with Crippen molar-refractivity contribution in [3.8, 4) is 0 Å². The molecule has 1 saturated heterocycles. The average molecular weight is 427 g/mol. The minimum absolute atomic E-state index is 0.212. The van der Waals surface area contributed by atoms with E-state index in [4.69, 9.17) is 14.2 Å². The first-order valence-electron chi connectivity index (χ1n) is 10.6. The van der Waals surface area contributed by atoms with Crippen LogP contribution < -0.4 is 0 Å². The van der Waals surface area contributed by atoms with E-state index < -0.39 is 36.0 Å². The molecule has 1 aliphatic carbocycles. The molecule has 0 radical (unpaired) electrons. The molecule has 166 valence electrons. The Morgan fingerprint density at radius 1 is 1.16 bits per heavy atom. The second kappa shape index (κ2) is 9.50. The lowest BCUT2D eigenvalue weighted by atomic mass is 9.85. The van der Waals surface area contributed by atoms with Gasteiger partial charge in [0.05, 0.1) is 5.92 Å². The van der Waals surface area contributed by atoms with Crippen molar-refractivity contribution in [2.24, 2.45) is 5.92 Å². The van der Waals surface area contributed by atoms with Crippen LogP contribution in [0.15, 0.2) is 58.7 Å². The van der Waals surface area contributed by atoms with Crippen molar-refractivity contribution in [3.63, 3.8) is 0 Å². The van der Waals surface area contributed by atoms with Crippen molar-refractivity contribution in [3.05, 3.63) is 58.7 Å². The fraction of sp³-hybridized carbons (Fsp3) is 0.480. The molecule has 0 N–H and O–H groups in total. The van der Waals surface area contributed by atoms with Crippen LogP contribution in [0.5, 0.6) is 0 Å². The number of allylic oxidation sites excluding steroid dienone is 3. The van der Waals surface area contributed by atoms with Crippen molar-refractivity contribution in [1.29, 1.82) is 0 Å². The monoisotopic (exact) mass is 426 g/mol.